The number of amides is 1. The van der Waals surface area contributed by atoms with Crippen molar-refractivity contribution < 1.29 is 19.1 Å². The van der Waals surface area contributed by atoms with Gasteiger partial charge in [-0.15, -0.1) is 0 Å². The van der Waals surface area contributed by atoms with Crippen LogP contribution in [0.3, 0.4) is 0 Å². The number of carbonyl (C=O) groups is 2. The van der Waals surface area contributed by atoms with Gasteiger partial charge in [0, 0.05) is 17.1 Å². The molecule has 31 heavy (non-hydrogen) atoms. The minimum atomic E-state index is -0.343. The number of nitrogens with one attached hydrogen (secondary N) is 1. The van der Waals surface area contributed by atoms with E-state index >= 15 is 0 Å². The molecule has 0 spiro atoms. The molecule has 1 N–H and O–H groups in total. The second kappa shape index (κ2) is 12.7. The summed E-state index contributed by atoms with van der Waals surface area (Å²) in [5.74, 6) is 0.267. The summed E-state index contributed by atoms with van der Waals surface area (Å²) in [4.78, 5) is 24.2. The molecule has 0 saturated carbocycles. The normalized spacial score (nSPS) is 10.6. The fourth-order valence-electron chi connectivity index (χ4n) is 2.93. The minimum Gasteiger partial charge on any atom is -0.492 e. The molecule has 0 radical (unpaired) electrons. The summed E-state index contributed by atoms with van der Waals surface area (Å²) in [6, 6.07) is 8.60. The van der Waals surface area contributed by atoms with Crippen molar-refractivity contribution in [3.05, 3.63) is 56.5 Å². The maximum atomic E-state index is 12.2. The first-order valence-electron chi connectivity index (χ1n) is 10.5. The van der Waals surface area contributed by atoms with Gasteiger partial charge in [-0.2, -0.15) is 0 Å². The Bertz CT molecular complexity index is 899. The Balaban J connectivity index is 1.75. The second-order valence-corrected chi connectivity index (χ2v) is 8.54. The Kier molecular flexibility index (Phi) is 10.3. The van der Waals surface area contributed by atoms with Crippen molar-refractivity contribution in [2.75, 3.05) is 18.5 Å². The summed E-state index contributed by atoms with van der Waals surface area (Å²) in [5, 5.41) is 3.55. The molecular weight excluding hydrogens is 482 g/mol. The van der Waals surface area contributed by atoms with Crippen LogP contribution in [0.5, 0.6) is 5.75 Å². The first-order chi connectivity index (χ1) is 14.8. The van der Waals surface area contributed by atoms with Crippen LogP contribution in [0.1, 0.15) is 60.5 Å². The summed E-state index contributed by atoms with van der Waals surface area (Å²) in [5.41, 5.74) is 2.99. The molecule has 0 atom stereocenters. The van der Waals surface area contributed by atoms with Crippen LogP contribution in [0.15, 0.2) is 34.8 Å². The lowest BCUT2D eigenvalue weighted by Crippen LogP contribution is -2.13. The molecule has 0 aliphatic carbocycles. The van der Waals surface area contributed by atoms with E-state index in [-0.39, 0.29) is 11.9 Å². The third-order valence-electron chi connectivity index (χ3n) is 4.76. The highest BCUT2D eigenvalue weighted by Gasteiger charge is 2.12. The second-order valence-electron chi connectivity index (χ2n) is 7.37. The largest absolute Gasteiger partial charge is 0.492 e. The van der Waals surface area contributed by atoms with Gasteiger partial charge in [-0.25, -0.2) is 4.79 Å². The number of halogens is 2. The molecule has 1 amide bonds. The SMILES string of the molecule is CCCCCOC(=O)c1ccc(NC(=O)CCCOc2cc(C)c(Cl)c(C)c2Br)cc1. The van der Waals surface area contributed by atoms with Crippen LogP contribution in [0, 0.1) is 13.8 Å². The zero-order valence-electron chi connectivity index (χ0n) is 18.2. The van der Waals surface area contributed by atoms with E-state index in [1.807, 2.05) is 19.9 Å². The number of anilines is 1. The molecule has 168 valence electrons. The maximum absolute atomic E-state index is 12.2. The number of ether oxygens (including phenoxy) is 2. The van der Waals surface area contributed by atoms with E-state index in [1.165, 1.54) is 0 Å². The molecule has 0 heterocycles. The van der Waals surface area contributed by atoms with Crippen molar-refractivity contribution in [2.45, 2.75) is 52.9 Å². The molecule has 5 nitrogen and oxygen atoms in total. The van der Waals surface area contributed by atoms with Crippen LogP contribution in [0.25, 0.3) is 0 Å². The van der Waals surface area contributed by atoms with Gasteiger partial charge in [-0.1, -0.05) is 31.4 Å². The van der Waals surface area contributed by atoms with Crippen molar-refractivity contribution in [3.8, 4) is 5.75 Å². The number of benzene rings is 2. The lowest BCUT2D eigenvalue weighted by molar-refractivity contribution is -0.116. The van der Waals surface area contributed by atoms with Gasteiger partial charge in [0.2, 0.25) is 5.91 Å². The molecule has 0 bridgehead atoms. The number of hydrogen-bond donors (Lipinski definition) is 1. The summed E-state index contributed by atoms with van der Waals surface area (Å²) >= 11 is 9.74. The minimum absolute atomic E-state index is 0.110. The van der Waals surface area contributed by atoms with Gasteiger partial charge < -0.3 is 14.8 Å². The van der Waals surface area contributed by atoms with Gasteiger partial charge in [-0.05, 0) is 84.1 Å². The zero-order valence-corrected chi connectivity index (χ0v) is 20.6. The van der Waals surface area contributed by atoms with Gasteiger partial charge in [-0.3, -0.25) is 4.79 Å². The Morgan fingerprint density at radius 1 is 1.06 bits per heavy atom. The lowest BCUT2D eigenvalue weighted by Gasteiger charge is -2.13. The molecule has 7 heteroatoms. The van der Waals surface area contributed by atoms with E-state index in [4.69, 9.17) is 21.1 Å². The number of rotatable bonds is 11. The van der Waals surface area contributed by atoms with Crippen LogP contribution in [-0.2, 0) is 9.53 Å². The smallest absolute Gasteiger partial charge is 0.338 e. The van der Waals surface area contributed by atoms with E-state index in [9.17, 15) is 9.59 Å². The van der Waals surface area contributed by atoms with Crippen LogP contribution in [0.2, 0.25) is 5.02 Å². The summed E-state index contributed by atoms with van der Waals surface area (Å²) in [6.07, 6.45) is 3.88. The van der Waals surface area contributed by atoms with Crippen LogP contribution >= 0.6 is 27.5 Å². The molecule has 0 aliphatic heterocycles. The van der Waals surface area contributed by atoms with E-state index in [0.717, 1.165) is 45.6 Å². The van der Waals surface area contributed by atoms with Gasteiger partial charge in [0.15, 0.2) is 0 Å². The van der Waals surface area contributed by atoms with Crippen molar-refractivity contribution in [2.24, 2.45) is 0 Å². The Morgan fingerprint density at radius 3 is 2.45 bits per heavy atom. The highest BCUT2D eigenvalue weighted by molar-refractivity contribution is 9.10. The average Bonchev–Trinajstić information content (AvgIpc) is 2.76. The molecule has 0 aromatic heterocycles. The molecule has 2 aromatic rings. The predicted molar refractivity (Wildman–Crippen MR) is 128 cm³/mol. The van der Waals surface area contributed by atoms with Crippen LogP contribution < -0.4 is 10.1 Å². The van der Waals surface area contributed by atoms with Crippen molar-refractivity contribution in [1.29, 1.82) is 0 Å². The highest BCUT2D eigenvalue weighted by Crippen LogP contribution is 2.35. The van der Waals surface area contributed by atoms with Crippen molar-refractivity contribution in [3.63, 3.8) is 0 Å². The molecule has 0 fully saturated rings. The average molecular weight is 511 g/mol. The Morgan fingerprint density at radius 2 is 1.77 bits per heavy atom. The fraction of sp³-hybridized carbons (Fsp3) is 0.417. The number of unbranched alkanes of at least 4 members (excludes halogenated alkanes) is 2. The van der Waals surface area contributed by atoms with Crippen molar-refractivity contribution in [1.82, 2.24) is 0 Å². The van der Waals surface area contributed by atoms with E-state index in [0.29, 0.717) is 37.3 Å². The quantitative estimate of drug-likeness (QED) is 0.265. The maximum Gasteiger partial charge on any atom is 0.338 e. The van der Waals surface area contributed by atoms with E-state index in [1.54, 1.807) is 24.3 Å². The standard InChI is InChI=1S/C24H29BrClNO4/c1-4-5-6-13-31-24(29)18-9-11-19(12-10-18)27-21(28)8-7-14-30-20-15-16(2)23(26)17(3)22(20)25/h9-12,15H,4-8,13-14H2,1-3H3,(H,27,28). The third-order valence-corrected chi connectivity index (χ3v) is 6.33. The van der Waals surface area contributed by atoms with Crippen molar-refractivity contribution >= 4 is 45.1 Å². The van der Waals surface area contributed by atoms with Gasteiger partial charge >= 0.3 is 5.97 Å². The van der Waals surface area contributed by atoms with E-state index in [2.05, 4.69) is 28.2 Å². The van der Waals surface area contributed by atoms with Crippen LogP contribution in [-0.4, -0.2) is 25.1 Å². The molecule has 2 aromatic carbocycles. The summed E-state index contributed by atoms with van der Waals surface area (Å²) < 4.78 is 11.9. The summed E-state index contributed by atoms with van der Waals surface area (Å²) in [6.45, 7) is 6.80. The highest BCUT2D eigenvalue weighted by atomic mass is 79.9. The molecule has 0 unspecified atom stereocenters. The molecule has 0 aliphatic rings. The third kappa shape index (κ3) is 7.86. The number of carbonyl (C=O) groups excluding carboxylic acids is 2. The van der Waals surface area contributed by atoms with Gasteiger partial charge in [0.25, 0.3) is 0 Å². The Labute approximate surface area is 197 Å². The Hall–Kier alpha value is -2.05. The van der Waals surface area contributed by atoms with Crippen LogP contribution in [0.4, 0.5) is 5.69 Å². The topological polar surface area (TPSA) is 64.6 Å². The predicted octanol–water partition coefficient (Wildman–Crippen LogP) is 6.86. The van der Waals surface area contributed by atoms with E-state index < -0.39 is 0 Å². The molecular formula is C24H29BrClNO4. The molecule has 2 rings (SSSR count). The number of esters is 1. The zero-order chi connectivity index (χ0) is 22.8. The first-order valence-corrected chi connectivity index (χ1v) is 11.7. The number of aryl methyl sites for hydroxylation is 1. The van der Waals surface area contributed by atoms with Gasteiger partial charge in [0.1, 0.15) is 5.75 Å². The monoisotopic (exact) mass is 509 g/mol. The molecule has 0 saturated heterocycles. The number of hydrogen-bond acceptors (Lipinski definition) is 4. The first kappa shape index (κ1) is 25.2. The fourth-order valence-corrected chi connectivity index (χ4v) is 3.62. The van der Waals surface area contributed by atoms with Gasteiger partial charge in [0.05, 0.1) is 23.2 Å². The lowest BCUT2D eigenvalue weighted by atomic mass is 10.1. The summed E-state index contributed by atoms with van der Waals surface area (Å²) in [7, 11) is 0.